The number of carbonyl (C=O) groups is 2. The van der Waals surface area contributed by atoms with Gasteiger partial charge in [-0.05, 0) is 46.8 Å². The summed E-state index contributed by atoms with van der Waals surface area (Å²) in [5.74, 6) is -0.130. The van der Waals surface area contributed by atoms with Gasteiger partial charge in [0.05, 0.1) is 0 Å². The third kappa shape index (κ3) is 5.00. The highest BCUT2D eigenvalue weighted by Crippen LogP contribution is 2.39. The van der Waals surface area contributed by atoms with Gasteiger partial charge in [0.25, 0.3) is 0 Å². The lowest BCUT2D eigenvalue weighted by Gasteiger charge is -2.09. The number of benzene rings is 2. The van der Waals surface area contributed by atoms with Crippen molar-refractivity contribution in [3.8, 4) is 11.1 Å². The molecule has 166 valence electrons. The molecular formula is C24H22N6O2S. The standard InChI is InChI=1S/C24H22N6O2S/c25-11-14-2-1-3-18(10-14)30-24(32)29-17-7-4-15(5-8-17)19-13-33-22-16(6-9-20(26)31)12-28-23(27)21(19)22/h1-10,12-13H,11,25H2,(H2,26,31)(H2,27,28)(H2,29,30,32). The molecule has 4 aromatic rings. The summed E-state index contributed by atoms with van der Waals surface area (Å²) in [4.78, 5) is 27.7. The zero-order valence-electron chi connectivity index (χ0n) is 17.5. The Labute approximate surface area is 194 Å². The van der Waals surface area contributed by atoms with Crippen LogP contribution in [0.15, 0.2) is 66.2 Å². The van der Waals surface area contributed by atoms with Crippen molar-refractivity contribution in [1.82, 2.24) is 4.98 Å². The molecule has 0 saturated heterocycles. The van der Waals surface area contributed by atoms with Gasteiger partial charge in [-0.2, -0.15) is 0 Å². The number of rotatable bonds is 6. The van der Waals surface area contributed by atoms with Gasteiger partial charge in [0.1, 0.15) is 5.82 Å². The predicted octanol–water partition coefficient (Wildman–Crippen LogP) is 4.15. The van der Waals surface area contributed by atoms with E-state index in [1.165, 1.54) is 17.4 Å². The molecule has 0 atom stereocenters. The van der Waals surface area contributed by atoms with E-state index in [4.69, 9.17) is 17.2 Å². The Bertz CT molecular complexity index is 1360. The van der Waals surface area contributed by atoms with Crippen molar-refractivity contribution >= 4 is 56.6 Å². The number of nitrogen functional groups attached to an aromatic ring is 1. The summed E-state index contributed by atoms with van der Waals surface area (Å²) in [5.41, 5.74) is 21.9. The van der Waals surface area contributed by atoms with Crippen molar-refractivity contribution in [3.63, 3.8) is 0 Å². The highest BCUT2D eigenvalue weighted by Gasteiger charge is 2.13. The molecule has 0 unspecified atom stereocenters. The van der Waals surface area contributed by atoms with Crippen LogP contribution in [-0.2, 0) is 11.3 Å². The van der Waals surface area contributed by atoms with Crippen LogP contribution in [0.3, 0.4) is 0 Å². The quantitative estimate of drug-likeness (QED) is 0.275. The molecule has 2 aromatic heterocycles. The number of nitrogens with one attached hydrogen (secondary N) is 2. The first kappa shape index (κ1) is 22.0. The van der Waals surface area contributed by atoms with Crippen molar-refractivity contribution in [2.24, 2.45) is 11.5 Å². The van der Waals surface area contributed by atoms with Gasteiger partial charge in [-0.15, -0.1) is 11.3 Å². The summed E-state index contributed by atoms with van der Waals surface area (Å²) >= 11 is 1.51. The zero-order valence-corrected chi connectivity index (χ0v) is 18.4. The van der Waals surface area contributed by atoms with Crippen LogP contribution >= 0.6 is 11.3 Å². The molecule has 0 bridgehead atoms. The SMILES string of the molecule is NCc1cccc(NC(=O)Nc2ccc(-c3csc4c(C=CC(N)=O)cnc(N)c34)cc2)c1. The molecule has 3 amide bonds. The Morgan fingerprint density at radius 1 is 1.06 bits per heavy atom. The number of primary amides is 1. The van der Waals surface area contributed by atoms with Crippen LogP contribution in [0.2, 0.25) is 0 Å². The average molecular weight is 459 g/mol. The number of amides is 3. The third-order valence-corrected chi connectivity index (χ3v) is 5.98. The summed E-state index contributed by atoms with van der Waals surface area (Å²) in [7, 11) is 0. The average Bonchev–Trinajstić information content (AvgIpc) is 3.25. The van der Waals surface area contributed by atoms with Crippen LogP contribution in [0.25, 0.3) is 27.3 Å². The topological polar surface area (TPSA) is 149 Å². The number of thiophene rings is 1. The molecule has 0 fully saturated rings. The number of nitrogens with two attached hydrogens (primary N) is 3. The first-order valence-electron chi connectivity index (χ1n) is 10.0. The van der Waals surface area contributed by atoms with Crippen molar-refractivity contribution in [3.05, 3.63) is 77.3 Å². The van der Waals surface area contributed by atoms with Crippen LogP contribution in [0.5, 0.6) is 0 Å². The zero-order chi connectivity index (χ0) is 23.4. The van der Waals surface area contributed by atoms with E-state index in [0.717, 1.165) is 32.3 Å². The highest BCUT2D eigenvalue weighted by atomic mass is 32.1. The van der Waals surface area contributed by atoms with Crippen LogP contribution in [-0.4, -0.2) is 16.9 Å². The van der Waals surface area contributed by atoms with Gasteiger partial charge in [0.2, 0.25) is 5.91 Å². The maximum absolute atomic E-state index is 12.3. The molecule has 4 rings (SSSR count). The number of hydrogen-bond donors (Lipinski definition) is 5. The van der Waals surface area contributed by atoms with E-state index in [-0.39, 0.29) is 6.03 Å². The summed E-state index contributed by atoms with van der Waals surface area (Å²) in [5, 5.41) is 8.41. The molecule has 0 aliphatic rings. The number of urea groups is 1. The summed E-state index contributed by atoms with van der Waals surface area (Å²) in [6.45, 7) is 0.402. The molecule has 0 aliphatic heterocycles. The van der Waals surface area contributed by atoms with Crippen molar-refractivity contribution in [1.29, 1.82) is 0 Å². The largest absolute Gasteiger partial charge is 0.383 e. The molecule has 2 heterocycles. The van der Waals surface area contributed by atoms with Crippen LogP contribution < -0.4 is 27.8 Å². The van der Waals surface area contributed by atoms with Crippen LogP contribution in [0.1, 0.15) is 11.1 Å². The number of aromatic nitrogens is 1. The van der Waals surface area contributed by atoms with Crippen LogP contribution in [0.4, 0.5) is 22.0 Å². The fourth-order valence-electron chi connectivity index (χ4n) is 3.39. The second-order valence-corrected chi connectivity index (χ2v) is 8.13. The Kier molecular flexibility index (Phi) is 6.34. The summed E-state index contributed by atoms with van der Waals surface area (Å²) in [6.07, 6.45) is 4.54. The monoisotopic (exact) mass is 458 g/mol. The van der Waals surface area contributed by atoms with Gasteiger partial charge in [0, 0.05) is 51.4 Å². The minimum absolute atomic E-state index is 0.350. The van der Waals surface area contributed by atoms with E-state index in [2.05, 4.69) is 15.6 Å². The molecular weight excluding hydrogens is 436 g/mol. The minimum atomic E-state index is -0.532. The second-order valence-electron chi connectivity index (χ2n) is 7.25. The van der Waals surface area contributed by atoms with Gasteiger partial charge < -0.3 is 27.8 Å². The van der Waals surface area contributed by atoms with E-state index in [0.29, 0.717) is 23.7 Å². The lowest BCUT2D eigenvalue weighted by molar-refractivity contribution is -0.113. The maximum Gasteiger partial charge on any atom is 0.323 e. The Balaban J connectivity index is 1.54. The predicted molar refractivity (Wildman–Crippen MR) is 135 cm³/mol. The summed E-state index contributed by atoms with van der Waals surface area (Å²) < 4.78 is 0.913. The lowest BCUT2D eigenvalue weighted by Crippen LogP contribution is -2.19. The van der Waals surface area contributed by atoms with Crippen molar-refractivity contribution in [2.45, 2.75) is 6.54 Å². The molecule has 0 saturated carbocycles. The third-order valence-electron chi connectivity index (χ3n) is 4.95. The van der Waals surface area contributed by atoms with E-state index in [9.17, 15) is 9.59 Å². The maximum atomic E-state index is 12.3. The molecule has 0 radical (unpaired) electrons. The normalized spacial score (nSPS) is 11.1. The summed E-state index contributed by atoms with van der Waals surface area (Å²) in [6, 6.07) is 14.4. The molecule has 8 nitrogen and oxygen atoms in total. The smallest absolute Gasteiger partial charge is 0.323 e. The Morgan fingerprint density at radius 2 is 1.82 bits per heavy atom. The number of fused-ring (bicyclic) bond motifs is 1. The molecule has 0 spiro atoms. The molecule has 2 aromatic carbocycles. The van der Waals surface area contributed by atoms with Gasteiger partial charge >= 0.3 is 6.03 Å². The first-order chi connectivity index (χ1) is 15.9. The minimum Gasteiger partial charge on any atom is -0.383 e. The number of anilines is 3. The van der Waals surface area contributed by atoms with E-state index in [1.807, 2.05) is 47.8 Å². The van der Waals surface area contributed by atoms with E-state index >= 15 is 0 Å². The van der Waals surface area contributed by atoms with Crippen molar-refractivity contribution < 1.29 is 9.59 Å². The first-order valence-corrected chi connectivity index (χ1v) is 10.9. The molecule has 0 aliphatic carbocycles. The number of pyridine rings is 1. The number of carbonyl (C=O) groups excluding carboxylic acids is 2. The Hall–Kier alpha value is -4.21. The van der Waals surface area contributed by atoms with Gasteiger partial charge in [-0.1, -0.05) is 24.3 Å². The Morgan fingerprint density at radius 3 is 2.55 bits per heavy atom. The highest BCUT2D eigenvalue weighted by molar-refractivity contribution is 7.18. The second kappa shape index (κ2) is 9.51. The van der Waals surface area contributed by atoms with E-state index < -0.39 is 5.91 Å². The number of nitrogens with zero attached hydrogens (tertiary/aromatic N) is 1. The van der Waals surface area contributed by atoms with Gasteiger partial charge in [-0.25, -0.2) is 9.78 Å². The van der Waals surface area contributed by atoms with E-state index in [1.54, 1.807) is 18.3 Å². The fraction of sp³-hybridized carbons (Fsp3) is 0.0417. The van der Waals surface area contributed by atoms with Crippen molar-refractivity contribution in [2.75, 3.05) is 16.4 Å². The molecule has 8 N–H and O–H groups in total. The lowest BCUT2D eigenvalue weighted by atomic mass is 10.0. The van der Waals surface area contributed by atoms with Gasteiger partial charge in [-0.3, -0.25) is 4.79 Å². The van der Waals surface area contributed by atoms with Gasteiger partial charge in [0.15, 0.2) is 0 Å². The molecule has 33 heavy (non-hydrogen) atoms. The van der Waals surface area contributed by atoms with Crippen LogP contribution in [0, 0.1) is 0 Å². The number of hydrogen-bond acceptors (Lipinski definition) is 6. The fourth-order valence-corrected chi connectivity index (χ4v) is 4.47. The molecule has 9 heteroatoms.